The largest absolute Gasteiger partial charge is 0.481 e. The number of carboxylic acids is 1. The molecular formula is C22H22BrClN6O6. The maximum absolute atomic E-state index is 12.6. The number of hydrogen-bond acceptors (Lipinski definition) is 9. The third-order valence-electron chi connectivity index (χ3n) is 5.00. The summed E-state index contributed by atoms with van der Waals surface area (Å²) in [6, 6.07) is 8.12. The zero-order valence-electron chi connectivity index (χ0n) is 18.6. The van der Waals surface area contributed by atoms with E-state index in [9.17, 15) is 29.5 Å². The molecule has 0 radical (unpaired) electrons. The van der Waals surface area contributed by atoms with Gasteiger partial charge in [0.05, 0.1) is 31.7 Å². The Morgan fingerprint density at radius 1 is 1.28 bits per heavy atom. The summed E-state index contributed by atoms with van der Waals surface area (Å²) in [5.41, 5.74) is 0.858. The summed E-state index contributed by atoms with van der Waals surface area (Å²) in [7, 11) is 0. The zero-order chi connectivity index (χ0) is 26.2. The van der Waals surface area contributed by atoms with Crippen LogP contribution >= 0.6 is 27.5 Å². The third-order valence-corrected chi connectivity index (χ3v) is 5.82. The molecule has 2 atom stereocenters. The first-order valence-corrected chi connectivity index (χ1v) is 11.8. The molecule has 2 unspecified atom stereocenters. The Labute approximate surface area is 218 Å². The molecule has 2 aromatic rings. The van der Waals surface area contributed by atoms with Gasteiger partial charge in [0.1, 0.15) is 5.69 Å². The lowest BCUT2D eigenvalue weighted by atomic mass is 10.0. The number of carbonyl (C=O) groups excluding carboxylic acids is 2. The highest BCUT2D eigenvalue weighted by atomic mass is 79.9. The molecule has 0 spiro atoms. The number of aliphatic hydroxyl groups is 1. The molecule has 12 nitrogen and oxygen atoms in total. The summed E-state index contributed by atoms with van der Waals surface area (Å²) >= 11 is 9.18. The van der Waals surface area contributed by atoms with Crippen LogP contribution in [0.25, 0.3) is 0 Å². The summed E-state index contributed by atoms with van der Waals surface area (Å²) < 4.78 is 0.247. The third kappa shape index (κ3) is 7.47. The van der Waals surface area contributed by atoms with Gasteiger partial charge in [-0.05, 0) is 51.4 Å². The Kier molecular flexibility index (Phi) is 9.33. The average molecular weight is 582 g/mol. The summed E-state index contributed by atoms with van der Waals surface area (Å²) in [6.07, 6.45) is -1.10. The number of aliphatic carboxylic acids is 1. The first-order chi connectivity index (χ1) is 17.2. The van der Waals surface area contributed by atoms with E-state index in [-0.39, 0.29) is 32.9 Å². The van der Waals surface area contributed by atoms with Crippen molar-refractivity contribution in [3.63, 3.8) is 0 Å². The first kappa shape index (κ1) is 27.0. The van der Waals surface area contributed by atoms with E-state index < -0.39 is 42.9 Å². The Bertz CT molecular complexity index is 1210. The van der Waals surface area contributed by atoms with Crippen molar-refractivity contribution >= 4 is 62.6 Å². The Morgan fingerprint density at radius 3 is 2.72 bits per heavy atom. The fraction of sp³-hybridized carbons (Fsp3) is 0.273. The quantitative estimate of drug-likeness (QED) is 0.244. The molecule has 3 rings (SSSR count). The number of anilines is 1. The van der Waals surface area contributed by atoms with Crippen LogP contribution in [0, 0.1) is 4.91 Å². The fourth-order valence-corrected chi connectivity index (χ4v) is 4.27. The Hall–Kier alpha value is -3.55. The van der Waals surface area contributed by atoms with Crippen LogP contribution in [-0.4, -0.2) is 59.7 Å². The van der Waals surface area contributed by atoms with Crippen molar-refractivity contribution in [2.75, 3.05) is 25.0 Å². The van der Waals surface area contributed by atoms with E-state index in [0.717, 1.165) is 0 Å². The number of nitrogens with one attached hydrogen (secondary N) is 4. The fourth-order valence-electron chi connectivity index (χ4n) is 3.36. The van der Waals surface area contributed by atoms with Gasteiger partial charge >= 0.3 is 5.97 Å². The van der Waals surface area contributed by atoms with Crippen molar-refractivity contribution in [2.24, 2.45) is 10.2 Å². The normalized spacial score (nSPS) is 15.6. The maximum Gasteiger partial charge on any atom is 0.305 e. The number of aliphatic imine (C=N–C) groups is 1. The van der Waals surface area contributed by atoms with Crippen molar-refractivity contribution in [3.8, 4) is 0 Å². The van der Waals surface area contributed by atoms with Crippen LogP contribution in [0.1, 0.15) is 28.4 Å². The lowest BCUT2D eigenvalue weighted by molar-refractivity contribution is -0.137. The topological polar surface area (TPSA) is 182 Å². The first-order valence-electron chi connectivity index (χ1n) is 10.6. The predicted octanol–water partition coefficient (Wildman–Crippen LogP) is 2.29. The van der Waals surface area contributed by atoms with E-state index in [1.54, 1.807) is 24.3 Å². The van der Waals surface area contributed by atoms with Gasteiger partial charge in [0, 0.05) is 32.9 Å². The number of carboxylic acid groups (broad SMARTS) is 1. The second-order valence-electron chi connectivity index (χ2n) is 7.75. The number of hydrogen-bond donors (Lipinski definition) is 6. The van der Waals surface area contributed by atoms with Gasteiger partial charge in [0.2, 0.25) is 5.91 Å². The lowest BCUT2D eigenvalue weighted by Gasteiger charge is -2.20. The molecule has 0 fully saturated rings. The van der Waals surface area contributed by atoms with Gasteiger partial charge in [-0.2, -0.15) is 0 Å². The molecule has 0 bridgehead atoms. The van der Waals surface area contributed by atoms with Gasteiger partial charge < -0.3 is 31.5 Å². The molecule has 190 valence electrons. The zero-order valence-corrected chi connectivity index (χ0v) is 21.0. The van der Waals surface area contributed by atoms with Gasteiger partial charge in [-0.1, -0.05) is 17.7 Å². The van der Waals surface area contributed by atoms with E-state index in [2.05, 4.69) is 47.4 Å². The van der Waals surface area contributed by atoms with Crippen LogP contribution < -0.4 is 21.3 Å². The number of β-amino-alcohol motifs (C(OH)–C–C–N with tert-alkyl or cyclic N) is 1. The van der Waals surface area contributed by atoms with Crippen LogP contribution in [0.5, 0.6) is 0 Å². The molecule has 1 aliphatic rings. The molecule has 14 heteroatoms. The van der Waals surface area contributed by atoms with Gasteiger partial charge in [0.15, 0.2) is 5.96 Å². The monoisotopic (exact) mass is 580 g/mol. The smallest absolute Gasteiger partial charge is 0.305 e. The predicted molar refractivity (Wildman–Crippen MR) is 136 cm³/mol. The number of benzene rings is 2. The molecule has 2 amide bonds. The van der Waals surface area contributed by atoms with Crippen LogP contribution in [0.3, 0.4) is 0 Å². The molecule has 6 N–H and O–H groups in total. The molecule has 0 aromatic heterocycles. The molecule has 0 aliphatic carbocycles. The minimum absolute atomic E-state index is 0.0918. The maximum atomic E-state index is 12.6. The number of aliphatic hydroxyl groups excluding tert-OH is 1. The van der Waals surface area contributed by atoms with E-state index in [4.69, 9.17) is 11.6 Å². The van der Waals surface area contributed by atoms with Crippen LogP contribution in [0.4, 0.5) is 11.4 Å². The molecule has 1 aliphatic heterocycles. The summed E-state index contributed by atoms with van der Waals surface area (Å²) in [4.78, 5) is 52.0. The second kappa shape index (κ2) is 12.4. The van der Waals surface area contributed by atoms with Gasteiger partial charge in [0.25, 0.3) is 5.91 Å². The SMILES string of the molecule is O=Nc1c(Br)cc(Cl)cc1C(CC(=O)O)NC(=O)CNC(=O)c1cccc(NC2=NCC(O)CN2)c1. The van der Waals surface area contributed by atoms with Crippen LogP contribution in [-0.2, 0) is 9.59 Å². The minimum Gasteiger partial charge on any atom is -0.481 e. The van der Waals surface area contributed by atoms with Gasteiger partial charge in [-0.25, -0.2) is 0 Å². The number of halogens is 2. The highest BCUT2D eigenvalue weighted by molar-refractivity contribution is 9.10. The number of nitrogens with zero attached hydrogens (tertiary/aromatic N) is 2. The Morgan fingerprint density at radius 2 is 2.06 bits per heavy atom. The molecule has 1 heterocycles. The summed E-state index contributed by atoms with van der Waals surface area (Å²) in [5, 5.41) is 32.8. The number of amides is 2. The summed E-state index contributed by atoms with van der Waals surface area (Å²) in [5.74, 6) is -2.00. The van der Waals surface area contributed by atoms with Crippen LogP contribution in [0.2, 0.25) is 5.02 Å². The van der Waals surface area contributed by atoms with Crippen LogP contribution in [0.15, 0.2) is 51.0 Å². The standard InChI is InChI=1S/C22H22BrClN6O6/c23-16-6-12(24)5-15(20(16)30-36)17(7-19(33)34)29-18(32)10-25-21(35)11-2-1-3-13(4-11)28-22-26-8-14(31)9-27-22/h1-6,14,17,31H,7-10H2,(H,25,35)(H,29,32)(H,33,34)(H2,26,27,28). The molecular weight excluding hydrogens is 560 g/mol. The number of rotatable bonds is 9. The van der Waals surface area contributed by atoms with Gasteiger partial charge in [-0.3, -0.25) is 19.4 Å². The van der Waals surface area contributed by atoms with Crippen molar-refractivity contribution in [2.45, 2.75) is 18.6 Å². The van der Waals surface area contributed by atoms with E-state index in [0.29, 0.717) is 18.2 Å². The molecule has 0 saturated carbocycles. The average Bonchev–Trinajstić information content (AvgIpc) is 2.83. The minimum atomic E-state index is -1.23. The van der Waals surface area contributed by atoms with Crippen molar-refractivity contribution in [1.82, 2.24) is 16.0 Å². The molecule has 2 aromatic carbocycles. The number of guanidine groups is 1. The highest BCUT2D eigenvalue weighted by Gasteiger charge is 2.24. The van der Waals surface area contributed by atoms with Crippen molar-refractivity contribution < 1.29 is 24.6 Å². The number of carbonyl (C=O) groups is 3. The lowest BCUT2D eigenvalue weighted by Crippen LogP contribution is -2.42. The Balaban J connectivity index is 1.64. The molecule has 0 saturated heterocycles. The van der Waals surface area contributed by atoms with E-state index in [1.165, 1.54) is 12.1 Å². The van der Waals surface area contributed by atoms with Crippen molar-refractivity contribution in [3.05, 3.63) is 61.9 Å². The van der Waals surface area contributed by atoms with E-state index in [1.807, 2.05) is 0 Å². The molecule has 36 heavy (non-hydrogen) atoms. The number of nitroso groups, excluding NO2 is 1. The summed E-state index contributed by atoms with van der Waals surface area (Å²) in [6.45, 7) is 0.148. The second-order valence-corrected chi connectivity index (χ2v) is 9.04. The van der Waals surface area contributed by atoms with Crippen molar-refractivity contribution in [1.29, 1.82) is 0 Å². The van der Waals surface area contributed by atoms with E-state index >= 15 is 0 Å². The highest BCUT2D eigenvalue weighted by Crippen LogP contribution is 2.37. The van der Waals surface area contributed by atoms with Gasteiger partial charge in [-0.15, -0.1) is 4.91 Å².